The zero-order chi connectivity index (χ0) is 13.0. The minimum absolute atomic E-state index is 0.462. The van der Waals surface area contributed by atoms with E-state index >= 15 is 0 Å². The minimum atomic E-state index is -0.524. The molecule has 0 saturated heterocycles. The fraction of sp³-hybridized carbons (Fsp3) is 0.200. The van der Waals surface area contributed by atoms with Crippen molar-refractivity contribution in [1.82, 2.24) is 0 Å². The molecule has 0 spiro atoms. The van der Waals surface area contributed by atoms with Crippen LogP contribution in [-0.2, 0) is 0 Å². The molecule has 3 heteroatoms. The lowest BCUT2D eigenvalue weighted by Gasteiger charge is -2.13. The third kappa shape index (κ3) is 3.49. The van der Waals surface area contributed by atoms with Gasteiger partial charge in [-0.2, -0.15) is 0 Å². The largest absolute Gasteiger partial charge is 0.387 e. The van der Waals surface area contributed by atoms with Gasteiger partial charge in [0.25, 0.3) is 0 Å². The second kappa shape index (κ2) is 5.89. The molecule has 0 amide bonds. The van der Waals surface area contributed by atoms with Crippen molar-refractivity contribution in [2.75, 3.05) is 11.9 Å². The molecule has 0 aliphatic carbocycles. The standard InChI is InChI=1S/C15H16ClNO/c1-11-5-7-12(8-6-11)15(18)10-17-14-4-2-3-13(16)9-14/h2-9,15,17-18H,10H2,1H3. The molecule has 18 heavy (non-hydrogen) atoms. The van der Waals surface area contributed by atoms with Crippen LogP contribution in [0.3, 0.4) is 0 Å². The Morgan fingerprint density at radius 1 is 1.17 bits per heavy atom. The van der Waals surface area contributed by atoms with E-state index in [0.717, 1.165) is 11.3 Å². The van der Waals surface area contributed by atoms with Crippen LogP contribution >= 0.6 is 11.6 Å². The maximum Gasteiger partial charge on any atom is 0.0962 e. The number of aryl methyl sites for hydroxylation is 1. The molecule has 0 aliphatic heterocycles. The zero-order valence-corrected chi connectivity index (χ0v) is 11.0. The molecule has 2 aromatic rings. The van der Waals surface area contributed by atoms with Crippen molar-refractivity contribution in [3.05, 3.63) is 64.7 Å². The van der Waals surface area contributed by atoms with E-state index in [-0.39, 0.29) is 0 Å². The third-order valence-corrected chi connectivity index (χ3v) is 3.02. The highest BCUT2D eigenvalue weighted by atomic mass is 35.5. The molecule has 0 aromatic heterocycles. The van der Waals surface area contributed by atoms with Crippen molar-refractivity contribution in [1.29, 1.82) is 0 Å². The summed E-state index contributed by atoms with van der Waals surface area (Å²) in [5.41, 5.74) is 3.01. The van der Waals surface area contributed by atoms with Crippen molar-refractivity contribution in [2.45, 2.75) is 13.0 Å². The fourth-order valence-corrected chi connectivity index (χ4v) is 1.91. The lowest BCUT2D eigenvalue weighted by Crippen LogP contribution is -2.12. The fourth-order valence-electron chi connectivity index (χ4n) is 1.72. The number of hydrogen-bond acceptors (Lipinski definition) is 2. The summed E-state index contributed by atoms with van der Waals surface area (Å²) < 4.78 is 0. The molecular weight excluding hydrogens is 246 g/mol. The summed E-state index contributed by atoms with van der Waals surface area (Å²) in [7, 11) is 0. The molecule has 0 aliphatic rings. The van der Waals surface area contributed by atoms with Gasteiger partial charge in [-0.1, -0.05) is 47.5 Å². The summed E-state index contributed by atoms with van der Waals surface area (Å²) in [6, 6.07) is 15.3. The smallest absolute Gasteiger partial charge is 0.0962 e. The normalized spacial score (nSPS) is 12.2. The van der Waals surface area contributed by atoms with Crippen LogP contribution in [0.25, 0.3) is 0 Å². The number of aliphatic hydroxyl groups is 1. The van der Waals surface area contributed by atoms with Gasteiger partial charge in [-0.05, 0) is 30.7 Å². The summed E-state index contributed by atoms with van der Waals surface area (Å²) in [5, 5.41) is 13.9. The monoisotopic (exact) mass is 261 g/mol. The number of anilines is 1. The van der Waals surface area contributed by atoms with Gasteiger partial charge in [-0.25, -0.2) is 0 Å². The van der Waals surface area contributed by atoms with E-state index in [1.165, 1.54) is 5.56 Å². The first-order chi connectivity index (χ1) is 8.65. The molecule has 2 aromatic carbocycles. The molecule has 0 heterocycles. The molecule has 0 fully saturated rings. The molecule has 2 nitrogen and oxygen atoms in total. The number of nitrogens with one attached hydrogen (secondary N) is 1. The van der Waals surface area contributed by atoms with E-state index in [0.29, 0.717) is 11.6 Å². The summed E-state index contributed by atoms with van der Waals surface area (Å²) in [6.45, 7) is 2.49. The van der Waals surface area contributed by atoms with Gasteiger partial charge in [0.2, 0.25) is 0 Å². The van der Waals surface area contributed by atoms with E-state index < -0.39 is 6.10 Å². The number of halogens is 1. The number of hydrogen-bond donors (Lipinski definition) is 2. The Morgan fingerprint density at radius 3 is 2.56 bits per heavy atom. The SMILES string of the molecule is Cc1ccc(C(O)CNc2cccc(Cl)c2)cc1. The Hall–Kier alpha value is -1.51. The van der Waals surface area contributed by atoms with Crippen molar-refractivity contribution in [3.8, 4) is 0 Å². The minimum Gasteiger partial charge on any atom is -0.387 e. The molecule has 94 valence electrons. The summed E-state index contributed by atoms with van der Waals surface area (Å²) in [6.07, 6.45) is -0.524. The first-order valence-electron chi connectivity index (χ1n) is 5.89. The van der Waals surface area contributed by atoms with Crippen LogP contribution in [0.4, 0.5) is 5.69 Å². The van der Waals surface area contributed by atoms with Gasteiger partial charge < -0.3 is 10.4 Å². The van der Waals surface area contributed by atoms with Crippen LogP contribution in [0.1, 0.15) is 17.2 Å². The Labute approximate surface area is 112 Å². The molecule has 1 unspecified atom stereocenters. The maximum atomic E-state index is 10.0. The predicted molar refractivity (Wildman–Crippen MR) is 76.1 cm³/mol. The van der Waals surface area contributed by atoms with Gasteiger partial charge in [-0.3, -0.25) is 0 Å². The van der Waals surface area contributed by atoms with Gasteiger partial charge >= 0.3 is 0 Å². The van der Waals surface area contributed by atoms with Gasteiger partial charge in [0.05, 0.1) is 6.10 Å². The van der Waals surface area contributed by atoms with Crippen LogP contribution in [0.15, 0.2) is 48.5 Å². The molecule has 1 atom stereocenters. The van der Waals surface area contributed by atoms with E-state index in [1.54, 1.807) is 0 Å². The van der Waals surface area contributed by atoms with Crippen molar-refractivity contribution < 1.29 is 5.11 Å². The molecule has 0 saturated carbocycles. The predicted octanol–water partition coefficient (Wildman–Crippen LogP) is 3.79. The average molecular weight is 262 g/mol. The van der Waals surface area contributed by atoms with E-state index in [4.69, 9.17) is 11.6 Å². The van der Waals surface area contributed by atoms with E-state index in [1.807, 2.05) is 55.5 Å². The molecule has 0 radical (unpaired) electrons. The quantitative estimate of drug-likeness (QED) is 0.878. The lowest BCUT2D eigenvalue weighted by molar-refractivity contribution is 0.191. The highest BCUT2D eigenvalue weighted by Gasteiger charge is 2.06. The topological polar surface area (TPSA) is 32.3 Å². The maximum absolute atomic E-state index is 10.0. The van der Waals surface area contributed by atoms with Crippen LogP contribution in [0.2, 0.25) is 5.02 Å². The first kappa shape index (κ1) is 12.9. The van der Waals surface area contributed by atoms with Gasteiger partial charge in [0.15, 0.2) is 0 Å². The van der Waals surface area contributed by atoms with Crippen molar-refractivity contribution in [2.24, 2.45) is 0 Å². The van der Waals surface area contributed by atoms with Crippen molar-refractivity contribution in [3.63, 3.8) is 0 Å². The Bertz CT molecular complexity index is 510. The summed E-state index contributed by atoms with van der Waals surface area (Å²) in [4.78, 5) is 0. The highest BCUT2D eigenvalue weighted by Crippen LogP contribution is 2.18. The number of aliphatic hydroxyl groups excluding tert-OH is 1. The Morgan fingerprint density at radius 2 is 1.89 bits per heavy atom. The molecule has 0 bridgehead atoms. The van der Waals surface area contributed by atoms with Gasteiger partial charge in [0.1, 0.15) is 0 Å². The van der Waals surface area contributed by atoms with Crippen LogP contribution in [-0.4, -0.2) is 11.7 Å². The van der Waals surface area contributed by atoms with E-state index in [2.05, 4.69) is 5.32 Å². The van der Waals surface area contributed by atoms with Crippen molar-refractivity contribution >= 4 is 17.3 Å². The Kier molecular flexibility index (Phi) is 4.24. The van der Waals surface area contributed by atoms with Gasteiger partial charge in [0, 0.05) is 17.3 Å². The third-order valence-electron chi connectivity index (χ3n) is 2.79. The second-order valence-corrected chi connectivity index (χ2v) is 4.75. The van der Waals surface area contributed by atoms with E-state index in [9.17, 15) is 5.11 Å². The van der Waals surface area contributed by atoms with Crippen LogP contribution in [0, 0.1) is 6.92 Å². The second-order valence-electron chi connectivity index (χ2n) is 4.32. The highest BCUT2D eigenvalue weighted by molar-refractivity contribution is 6.30. The van der Waals surface area contributed by atoms with Crippen LogP contribution in [0.5, 0.6) is 0 Å². The summed E-state index contributed by atoms with van der Waals surface area (Å²) >= 11 is 5.89. The Balaban J connectivity index is 1.96. The summed E-state index contributed by atoms with van der Waals surface area (Å²) in [5.74, 6) is 0. The molecule has 2 N–H and O–H groups in total. The molecule has 2 rings (SSSR count). The zero-order valence-electron chi connectivity index (χ0n) is 10.2. The number of benzene rings is 2. The number of rotatable bonds is 4. The molecular formula is C15H16ClNO. The first-order valence-corrected chi connectivity index (χ1v) is 6.27. The van der Waals surface area contributed by atoms with Gasteiger partial charge in [-0.15, -0.1) is 0 Å². The lowest BCUT2D eigenvalue weighted by atomic mass is 10.1. The average Bonchev–Trinajstić information content (AvgIpc) is 2.37. The van der Waals surface area contributed by atoms with Crippen LogP contribution < -0.4 is 5.32 Å².